The van der Waals surface area contributed by atoms with E-state index in [1.165, 1.54) is 68.1 Å². The van der Waals surface area contributed by atoms with Gasteiger partial charge in [0.15, 0.2) is 44.9 Å². The number of nitrogens with zero attached hydrogens (tertiary/aromatic N) is 2. The van der Waals surface area contributed by atoms with Crippen LogP contribution in [-0.2, 0) is 9.59 Å². The number of anilines is 4. The van der Waals surface area contributed by atoms with Crippen LogP contribution in [0.4, 0.5) is 21.9 Å². The topological polar surface area (TPSA) is 179 Å². The molecule has 6 atom stereocenters. The number of benzene rings is 2. The van der Waals surface area contributed by atoms with Gasteiger partial charge in [-0.15, -0.1) is 0 Å². The third-order valence-electron chi connectivity index (χ3n) is 12.4. The second-order valence-electron chi connectivity index (χ2n) is 16.6. The zero-order chi connectivity index (χ0) is 41.3. The Bertz CT molecular complexity index is 2290. The van der Waals surface area contributed by atoms with Crippen LogP contribution in [0.1, 0.15) is 109 Å². The molecule has 4 aromatic rings. The van der Waals surface area contributed by atoms with E-state index in [1.807, 2.05) is 6.92 Å². The van der Waals surface area contributed by atoms with E-state index < -0.39 is 0 Å². The molecule has 0 spiro atoms. The van der Waals surface area contributed by atoms with Crippen LogP contribution in [0.3, 0.4) is 0 Å². The number of ether oxygens (including phenoxy) is 4. The summed E-state index contributed by atoms with van der Waals surface area (Å²) in [5.74, 6) is 5.30. The molecule has 316 valence electrons. The van der Waals surface area contributed by atoms with E-state index in [4.69, 9.17) is 18.9 Å². The predicted octanol–water partition coefficient (Wildman–Crippen LogP) is 8.19. The molecule has 0 radical (unpaired) electrons. The Morgan fingerprint density at radius 1 is 0.633 bits per heavy atom. The van der Waals surface area contributed by atoms with Gasteiger partial charge in [-0.1, -0.05) is 42.4 Å². The number of hydrogen-bond acceptors (Lipinski definition) is 14. The molecule has 4 heterocycles. The molecule has 16 heteroatoms. The maximum atomic E-state index is 13.4. The van der Waals surface area contributed by atoms with Crippen LogP contribution in [-0.4, -0.2) is 71.9 Å². The quantitative estimate of drug-likeness (QED) is 0.101. The number of carbonyl (C=O) groups excluding carboxylic acids is 4. The van der Waals surface area contributed by atoms with Crippen molar-refractivity contribution < 1.29 is 38.1 Å². The highest BCUT2D eigenvalue weighted by Crippen LogP contribution is 2.47. The molecular weight excluding hydrogens is 805 g/mol. The fraction of sp³-hybridized carbons (Fsp3) is 0.500. The lowest BCUT2D eigenvalue weighted by molar-refractivity contribution is -0.116. The van der Waals surface area contributed by atoms with Gasteiger partial charge >= 0.3 is 0 Å². The van der Waals surface area contributed by atoms with E-state index in [9.17, 15) is 19.2 Å². The first kappa shape index (κ1) is 40.2. The van der Waals surface area contributed by atoms with Crippen molar-refractivity contribution in [3.8, 4) is 23.0 Å². The number of aromatic nitrogens is 2. The van der Waals surface area contributed by atoms with Crippen molar-refractivity contribution in [3.05, 3.63) is 57.3 Å². The highest BCUT2D eigenvalue weighted by atomic mass is 32.1. The summed E-state index contributed by atoms with van der Waals surface area (Å²) in [5.41, 5.74) is 0.973. The average Bonchev–Trinajstić information content (AvgIpc) is 4.13. The first-order chi connectivity index (χ1) is 29.2. The van der Waals surface area contributed by atoms with Crippen molar-refractivity contribution >= 4 is 68.0 Å². The largest absolute Gasteiger partial charge is 0.486 e. The summed E-state index contributed by atoms with van der Waals surface area (Å²) in [6.07, 6.45) is 11.2. The number of carbonyl (C=O) groups is 4. The number of amides is 2. The fourth-order valence-corrected chi connectivity index (χ4v) is 11.5. The summed E-state index contributed by atoms with van der Waals surface area (Å²) in [7, 11) is 0. The van der Waals surface area contributed by atoms with Crippen LogP contribution in [0, 0.1) is 23.7 Å². The smallest absolute Gasteiger partial charge is 0.225 e. The molecule has 2 aromatic carbocycles. The minimum atomic E-state index is -0.252. The maximum Gasteiger partial charge on any atom is 0.225 e. The van der Waals surface area contributed by atoms with Crippen molar-refractivity contribution in [2.24, 2.45) is 23.7 Å². The number of rotatable bonds is 12. The van der Waals surface area contributed by atoms with Gasteiger partial charge in [-0.3, -0.25) is 19.2 Å². The number of nitrogens with one attached hydrogen (secondary N) is 4. The Morgan fingerprint density at radius 2 is 1.10 bits per heavy atom. The molecule has 2 aliphatic heterocycles. The molecule has 10 rings (SSSR count). The second kappa shape index (κ2) is 17.4. The lowest BCUT2D eigenvalue weighted by atomic mass is 9.96. The third-order valence-corrected chi connectivity index (χ3v) is 14.4. The van der Waals surface area contributed by atoms with Gasteiger partial charge in [0.1, 0.15) is 36.2 Å². The van der Waals surface area contributed by atoms with Gasteiger partial charge in [0.05, 0.1) is 0 Å². The minimum absolute atomic E-state index is 0.129. The maximum absolute atomic E-state index is 13.4. The lowest BCUT2D eigenvalue weighted by Crippen LogP contribution is -2.25. The van der Waals surface area contributed by atoms with E-state index in [1.54, 1.807) is 36.4 Å². The Hall–Kier alpha value is -5.22. The summed E-state index contributed by atoms with van der Waals surface area (Å²) < 4.78 is 22.3. The minimum Gasteiger partial charge on any atom is -0.486 e. The number of hydrogen-bond donors (Lipinski definition) is 4. The standard InChI is InChI=1S/C23H27N3O4S.C21H23N3O4S/c1-2-3-19(27)25-22-21(20(28)15-6-7-17-18(12-15)30-9-8-29-17)31-23(26-22)24-16-11-13-4-5-14(16)10-13;1-11(25)22-20-19(18(26)14-4-5-16-17(10-14)28-7-6-27-16)29-21(24-20)23-15-9-12-2-3-13(15)8-12/h6-7,12-14,16H,2-5,8-11H2,1H3,(H,24,26)(H,25,27);4-5,10,12-13,15H,2-3,6-9H2,1H3,(H,22,25)(H,23,24)/t13?,14?,16-;12?,13?,15-/m00/s1. The molecule has 6 aliphatic rings. The van der Waals surface area contributed by atoms with Crippen molar-refractivity contribution in [2.45, 2.75) is 90.1 Å². The molecule has 2 amide bonds. The number of thiazole rings is 2. The summed E-state index contributed by atoms with van der Waals surface area (Å²) in [4.78, 5) is 60.5. The third kappa shape index (κ3) is 8.67. The summed E-state index contributed by atoms with van der Waals surface area (Å²) in [6.45, 7) is 5.28. The van der Waals surface area contributed by atoms with E-state index in [-0.39, 0.29) is 23.4 Å². The van der Waals surface area contributed by atoms with Gasteiger partial charge < -0.3 is 40.2 Å². The molecule has 4 saturated carbocycles. The van der Waals surface area contributed by atoms with Gasteiger partial charge in [-0.05, 0) is 105 Å². The number of ketones is 2. The molecule has 4 unspecified atom stereocenters. The van der Waals surface area contributed by atoms with Gasteiger partial charge in [0, 0.05) is 36.6 Å². The van der Waals surface area contributed by atoms with Gasteiger partial charge in [-0.25, -0.2) is 9.97 Å². The normalized spacial score (nSPS) is 24.0. The van der Waals surface area contributed by atoms with E-state index in [0.29, 0.717) is 123 Å². The Kier molecular flexibility index (Phi) is 11.7. The van der Waals surface area contributed by atoms with Gasteiger partial charge in [0.2, 0.25) is 23.4 Å². The SMILES string of the molecule is CC(=O)Nc1nc(N[C@H]2CC3CCC2C3)sc1C(=O)c1ccc2c(c1)OCCO2.CCCC(=O)Nc1nc(N[C@H]2CC3CCC2C3)sc1C(=O)c1ccc2c(c1)OCCO2. The molecule has 2 aromatic heterocycles. The molecular formula is C44H50N6O8S2. The van der Waals surface area contributed by atoms with Gasteiger partial charge in [0.25, 0.3) is 0 Å². The van der Waals surface area contributed by atoms with E-state index >= 15 is 0 Å². The summed E-state index contributed by atoms with van der Waals surface area (Å²) in [5, 5.41) is 14.0. The average molecular weight is 855 g/mol. The van der Waals surface area contributed by atoms with Crippen molar-refractivity contribution in [3.63, 3.8) is 0 Å². The lowest BCUT2D eigenvalue weighted by Gasteiger charge is -2.22. The molecule has 14 nitrogen and oxygen atoms in total. The molecule has 4 fully saturated rings. The zero-order valence-electron chi connectivity index (χ0n) is 33.8. The first-order valence-electron chi connectivity index (χ1n) is 21.2. The molecule has 0 saturated heterocycles. The van der Waals surface area contributed by atoms with Gasteiger partial charge in [-0.2, -0.15) is 0 Å². The van der Waals surface area contributed by atoms with Crippen LogP contribution >= 0.6 is 22.7 Å². The Labute approximate surface area is 356 Å². The van der Waals surface area contributed by atoms with Crippen molar-refractivity contribution in [1.29, 1.82) is 0 Å². The highest BCUT2D eigenvalue weighted by Gasteiger charge is 2.41. The van der Waals surface area contributed by atoms with E-state index in [2.05, 4.69) is 31.2 Å². The Balaban J connectivity index is 0.000000154. The van der Waals surface area contributed by atoms with Crippen molar-refractivity contribution in [2.75, 3.05) is 47.7 Å². The van der Waals surface area contributed by atoms with Crippen LogP contribution in [0.2, 0.25) is 0 Å². The number of fused-ring (bicyclic) bond motifs is 6. The van der Waals surface area contributed by atoms with Crippen LogP contribution in [0.5, 0.6) is 23.0 Å². The highest BCUT2D eigenvalue weighted by molar-refractivity contribution is 7.18. The zero-order valence-corrected chi connectivity index (χ0v) is 35.4. The van der Waals surface area contributed by atoms with E-state index in [0.717, 1.165) is 31.1 Å². The van der Waals surface area contributed by atoms with Crippen LogP contribution < -0.4 is 40.2 Å². The molecule has 60 heavy (non-hydrogen) atoms. The molecule has 4 N–H and O–H groups in total. The molecule has 4 bridgehead atoms. The summed E-state index contributed by atoms with van der Waals surface area (Å²) >= 11 is 2.61. The summed E-state index contributed by atoms with van der Waals surface area (Å²) in [6, 6.07) is 11.2. The molecule has 4 aliphatic carbocycles. The van der Waals surface area contributed by atoms with Crippen LogP contribution in [0.25, 0.3) is 0 Å². The van der Waals surface area contributed by atoms with Crippen LogP contribution in [0.15, 0.2) is 36.4 Å². The van der Waals surface area contributed by atoms with Crippen molar-refractivity contribution in [1.82, 2.24) is 9.97 Å². The monoisotopic (exact) mass is 854 g/mol. The Morgan fingerprint density at radius 3 is 1.52 bits per heavy atom. The second-order valence-corrected chi connectivity index (χ2v) is 18.6. The first-order valence-corrected chi connectivity index (χ1v) is 22.8. The predicted molar refractivity (Wildman–Crippen MR) is 230 cm³/mol. The fourth-order valence-electron chi connectivity index (χ4n) is 9.62.